The van der Waals surface area contributed by atoms with Crippen LogP contribution in [0.4, 0.5) is 5.82 Å². The van der Waals surface area contributed by atoms with Gasteiger partial charge in [-0.15, -0.1) is 0 Å². The summed E-state index contributed by atoms with van der Waals surface area (Å²) < 4.78 is 5.57. The molecule has 3 aromatic rings. The van der Waals surface area contributed by atoms with Gasteiger partial charge in [0.15, 0.2) is 0 Å². The molecule has 0 bridgehead atoms. The van der Waals surface area contributed by atoms with Crippen molar-refractivity contribution in [2.75, 3.05) is 5.32 Å². The number of hydrogen-bond acceptors (Lipinski definition) is 3. The lowest BCUT2D eigenvalue weighted by atomic mass is 10.1. The molecule has 0 unspecified atom stereocenters. The molecule has 3 rings (SSSR count). The number of carbonyl (C=O) groups is 1. The number of fused-ring (bicyclic) bond motifs is 1. The number of pyridine rings is 1. The summed E-state index contributed by atoms with van der Waals surface area (Å²) in [4.78, 5) is 16.3. The first-order chi connectivity index (χ1) is 10.7. The number of carbonyl (C=O) groups excluding carboxylic acids is 1. The van der Waals surface area contributed by atoms with Gasteiger partial charge in [0, 0.05) is 17.1 Å². The average molecular weight is 294 g/mol. The van der Waals surface area contributed by atoms with E-state index < -0.39 is 0 Å². The van der Waals surface area contributed by atoms with Crippen molar-refractivity contribution in [2.24, 2.45) is 0 Å². The van der Waals surface area contributed by atoms with Crippen LogP contribution in [0.25, 0.3) is 11.0 Å². The number of anilines is 1. The lowest BCUT2D eigenvalue weighted by Gasteiger charge is -2.04. The Morgan fingerprint density at radius 3 is 2.91 bits per heavy atom. The van der Waals surface area contributed by atoms with Gasteiger partial charge in [0.1, 0.15) is 11.4 Å². The van der Waals surface area contributed by atoms with E-state index in [0.717, 1.165) is 28.5 Å². The van der Waals surface area contributed by atoms with Gasteiger partial charge in [0.2, 0.25) is 5.91 Å². The molecular formula is C18H18N2O2. The number of aryl methyl sites for hydroxylation is 2. The zero-order valence-electron chi connectivity index (χ0n) is 12.7. The molecule has 4 heteroatoms. The van der Waals surface area contributed by atoms with Crippen molar-refractivity contribution < 1.29 is 9.21 Å². The minimum absolute atomic E-state index is 0.0969. The number of rotatable bonds is 4. The minimum Gasteiger partial charge on any atom is -0.464 e. The van der Waals surface area contributed by atoms with Crippen LogP contribution in [-0.2, 0) is 17.6 Å². The van der Waals surface area contributed by atoms with E-state index in [1.807, 2.05) is 31.2 Å². The standard InChI is InChI=1S/C18H18N2O2/c1-3-13-4-5-15-14(11-22-16(15)9-13)10-18(21)20-17-8-12(2)6-7-19-17/h4-9,11H,3,10H2,1-2H3,(H,19,20,21). The Balaban J connectivity index is 1.76. The number of nitrogens with one attached hydrogen (secondary N) is 1. The summed E-state index contributed by atoms with van der Waals surface area (Å²) >= 11 is 0. The van der Waals surface area contributed by atoms with Crippen LogP contribution in [0.3, 0.4) is 0 Å². The molecule has 0 atom stereocenters. The van der Waals surface area contributed by atoms with Gasteiger partial charge < -0.3 is 9.73 Å². The molecule has 0 aliphatic heterocycles. The Morgan fingerprint density at radius 1 is 1.27 bits per heavy atom. The zero-order valence-corrected chi connectivity index (χ0v) is 12.7. The van der Waals surface area contributed by atoms with Gasteiger partial charge in [-0.1, -0.05) is 19.1 Å². The van der Waals surface area contributed by atoms with E-state index in [1.54, 1.807) is 12.5 Å². The Kier molecular flexibility index (Phi) is 3.92. The lowest BCUT2D eigenvalue weighted by Crippen LogP contribution is -2.15. The molecule has 1 amide bonds. The summed E-state index contributed by atoms with van der Waals surface area (Å²) in [5.74, 6) is 0.478. The number of hydrogen-bond donors (Lipinski definition) is 1. The van der Waals surface area contributed by atoms with E-state index in [0.29, 0.717) is 5.82 Å². The quantitative estimate of drug-likeness (QED) is 0.794. The van der Waals surface area contributed by atoms with E-state index >= 15 is 0 Å². The molecule has 0 saturated heterocycles. The number of nitrogens with zero attached hydrogens (tertiary/aromatic N) is 1. The normalized spacial score (nSPS) is 10.8. The lowest BCUT2D eigenvalue weighted by molar-refractivity contribution is -0.115. The van der Waals surface area contributed by atoms with Crippen LogP contribution in [0.1, 0.15) is 23.6 Å². The first-order valence-corrected chi connectivity index (χ1v) is 7.37. The molecule has 112 valence electrons. The van der Waals surface area contributed by atoms with E-state index in [2.05, 4.69) is 23.3 Å². The molecule has 0 spiro atoms. The molecule has 22 heavy (non-hydrogen) atoms. The summed E-state index contributed by atoms with van der Waals surface area (Å²) in [6, 6.07) is 9.86. The van der Waals surface area contributed by atoms with Gasteiger partial charge in [-0.05, 0) is 42.7 Å². The van der Waals surface area contributed by atoms with Crippen LogP contribution in [0.2, 0.25) is 0 Å². The van der Waals surface area contributed by atoms with Gasteiger partial charge in [-0.2, -0.15) is 0 Å². The predicted molar refractivity (Wildman–Crippen MR) is 86.9 cm³/mol. The maximum absolute atomic E-state index is 12.2. The summed E-state index contributed by atoms with van der Waals surface area (Å²) in [5, 5.41) is 3.81. The fourth-order valence-corrected chi connectivity index (χ4v) is 2.45. The molecule has 0 fully saturated rings. The van der Waals surface area contributed by atoms with Crippen molar-refractivity contribution in [3.8, 4) is 0 Å². The van der Waals surface area contributed by atoms with Crippen molar-refractivity contribution in [3.05, 3.63) is 59.5 Å². The van der Waals surface area contributed by atoms with Crippen LogP contribution >= 0.6 is 0 Å². The van der Waals surface area contributed by atoms with Crippen molar-refractivity contribution in [1.82, 2.24) is 4.98 Å². The van der Waals surface area contributed by atoms with Crippen LogP contribution in [0.5, 0.6) is 0 Å². The Hall–Kier alpha value is -2.62. The molecule has 4 nitrogen and oxygen atoms in total. The highest BCUT2D eigenvalue weighted by molar-refractivity contribution is 5.94. The first kappa shape index (κ1) is 14.3. The molecule has 0 saturated carbocycles. The van der Waals surface area contributed by atoms with Gasteiger partial charge >= 0.3 is 0 Å². The fourth-order valence-electron chi connectivity index (χ4n) is 2.45. The Bertz CT molecular complexity index is 821. The van der Waals surface area contributed by atoms with E-state index in [4.69, 9.17) is 4.42 Å². The molecule has 1 aromatic carbocycles. The third-order valence-corrected chi connectivity index (χ3v) is 3.66. The van der Waals surface area contributed by atoms with E-state index in [-0.39, 0.29) is 12.3 Å². The topological polar surface area (TPSA) is 55.1 Å². The summed E-state index contributed by atoms with van der Waals surface area (Å²) in [6.07, 6.45) is 4.58. The fraction of sp³-hybridized carbons (Fsp3) is 0.222. The summed E-state index contributed by atoms with van der Waals surface area (Å²) in [5.41, 5.74) is 4.01. The van der Waals surface area contributed by atoms with Crippen LogP contribution < -0.4 is 5.32 Å². The van der Waals surface area contributed by atoms with Gasteiger partial charge in [0.05, 0.1) is 12.7 Å². The summed E-state index contributed by atoms with van der Waals surface area (Å²) in [6.45, 7) is 4.07. The zero-order chi connectivity index (χ0) is 15.5. The van der Waals surface area contributed by atoms with E-state index in [1.165, 1.54) is 5.56 Å². The predicted octanol–water partition coefficient (Wildman–Crippen LogP) is 3.88. The Labute approximate surface area is 129 Å². The van der Waals surface area contributed by atoms with Crippen molar-refractivity contribution >= 4 is 22.7 Å². The molecule has 0 aliphatic rings. The summed E-state index contributed by atoms with van der Waals surface area (Å²) in [7, 11) is 0. The maximum Gasteiger partial charge on any atom is 0.230 e. The number of benzene rings is 1. The largest absolute Gasteiger partial charge is 0.464 e. The third-order valence-electron chi connectivity index (χ3n) is 3.66. The van der Waals surface area contributed by atoms with Crippen LogP contribution in [0.15, 0.2) is 47.2 Å². The average Bonchev–Trinajstić information content (AvgIpc) is 2.89. The number of amides is 1. The molecule has 0 aliphatic carbocycles. The van der Waals surface area contributed by atoms with Gasteiger partial charge in [-0.25, -0.2) is 4.98 Å². The van der Waals surface area contributed by atoms with E-state index in [9.17, 15) is 4.79 Å². The highest BCUT2D eigenvalue weighted by atomic mass is 16.3. The van der Waals surface area contributed by atoms with Crippen molar-refractivity contribution in [2.45, 2.75) is 26.7 Å². The first-order valence-electron chi connectivity index (χ1n) is 7.37. The molecule has 2 heterocycles. The highest BCUT2D eigenvalue weighted by Crippen LogP contribution is 2.23. The second-order valence-electron chi connectivity index (χ2n) is 5.39. The van der Waals surface area contributed by atoms with Crippen molar-refractivity contribution in [1.29, 1.82) is 0 Å². The second kappa shape index (κ2) is 6.02. The third kappa shape index (κ3) is 3.01. The SMILES string of the molecule is CCc1ccc2c(CC(=O)Nc3cc(C)ccn3)coc2c1. The number of furan rings is 1. The maximum atomic E-state index is 12.2. The monoisotopic (exact) mass is 294 g/mol. The van der Waals surface area contributed by atoms with Crippen molar-refractivity contribution in [3.63, 3.8) is 0 Å². The molecule has 2 aromatic heterocycles. The van der Waals surface area contributed by atoms with Crippen LogP contribution in [0, 0.1) is 6.92 Å². The second-order valence-corrected chi connectivity index (χ2v) is 5.39. The van der Waals surface area contributed by atoms with Gasteiger partial charge in [0.25, 0.3) is 0 Å². The minimum atomic E-state index is -0.0969. The highest BCUT2D eigenvalue weighted by Gasteiger charge is 2.11. The number of aromatic nitrogens is 1. The Morgan fingerprint density at radius 2 is 2.14 bits per heavy atom. The smallest absolute Gasteiger partial charge is 0.230 e. The van der Waals surface area contributed by atoms with Crippen LogP contribution in [-0.4, -0.2) is 10.9 Å². The molecule has 0 radical (unpaired) electrons. The molecule has 1 N–H and O–H groups in total. The molecular weight excluding hydrogens is 276 g/mol. The van der Waals surface area contributed by atoms with Gasteiger partial charge in [-0.3, -0.25) is 4.79 Å².